The van der Waals surface area contributed by atoms with Crippen LogP contribution in [0.25, 0.3) is 21.5 Å². The lowest BCUT2D eigenvalue weighted by Crippen LogP contribution is -2.32. The maximum atomic E-state index is 9.67. The number of hydrogen-bond donors (Lipinski definition) is 2. The van der Waals surface area contributed by atoms with Gasteiger partial charge in [-0.2, -0.15) is 0 Å². The minimum absolute atomic E-state index is 0.414. The van der Waals surface area contributed by atoms with Crippen LogP contribution in [0.1, 0.15) is 0 Å². The van der Waals surface area contributed by atoms with Crippen molar-refractivity contribution in [3.8, 4) is 5.75 Å². The molecule has 0 aliphatic carbocycles. The second kappa shape index (κ2) is 4.57. The monoisotopic (exact) mass is 252 g/mol. The highest BCUT2D eigenvalue weighted by molar-refractivity contribution is 6.64. The van der Waals surface area contributed by atoms with E-state index in [0.29, 0.717) is 11.2 Å². The summed E-state index contributed by atoms with van der Waals surface area (Å²) in [6.07, 6.45) is 0. The van der Waals surface area contributed by atoms with Gasteiger partial charge in [-0.05, 0) is 16.2 Å². The van der Waals surface area contributed by atoms with Crippen LogP contribution in [-0.2, 0) is 0 Å². The zero-order valence-corrected chi connectivity index (χ0v) is 10.5. The number of hydrogen-bond acceptors (Lipinski definition) is 3. The molecule has 0 aliphatic rings. The lowest BCUT2D eigenvalue weighted by atomic mass is 9.75. The number of benzene rings is 3. The maximum Gasteiger partial charge on any atom is 0.492 e. The highest BCUT2D eigenvalue weighted by atomic mass is 16.5. The molecular weight excluding hydrogens is 239 g/mol. The van der Waals surface area contributed by atoms with E-state index in [-0.39, 0.29) is 0 Å². The second-order valence-electron chi connectivity index (χ2n) is 4.41. The number of ether oxygens (including phenoxy) is 1. The van der Waals surface area contributed by atoms with Crippen molar-refractivity contribution in [1.82, 2.24) is 0 Å². The predicted octanol–water partition coefficient (Wildman–Crippen LogP) is 1.68. The quantitative estimate of drug-likeness (QED) is 0.539. The number of fused-ring (bicyclic) bond motifs is 3. The van der Waals surface area contributed by atoms with Crippen molar-refractivity contribution in [3.63, 3.8) is 0 Å². The number of rotatable bonds is 2. The molecule has 0 saturated heterocycles. The fourth-order valence-corrected chi connectivity index (χ4v) is 2.61. The van der Waals surface area contributed by atoms with E-state index in [4.69, 9.17) is 4.74 Å². The molecule has 3 aromatic rings. The molecule has 2 N–H and O–H groups in total. The highest BCUT2D eigenvalue weighted by Gasteiger charge is 2.23. The summed E-state index contributed by atoms with van der Waals surface area (Å²) >= 11 is 0. The smallest absolute Gasteiger partial charge is 0.492 e. The molecule has 0 atom stereocenters. The summed E-state index contributed by atoms with van der Waals surface area (Å²) in [6, 6.07) is 15.5. The van der Waals surface area contributed by atoms with Gasteiger partial charge in [-0.3, -0.25) is 0 Å². The Balaban J connectivity index is 2.61. The zero-order valence-electron chi connectivity index (χ0n) is 10.5. The Labute approximate surface area is 111 Å². The van der Waals surface area contributed by atoms with E-state index >= 15 is 0 Å². The van der Waals surface area contributed by atoms with E-state index in [9.17, 15) is 10.0 Å². The number of methoxy groups -OCH3 is 1. The molecular formula is C15H13BO3. The van der Waals surface area contributed by atoms with E-state index in [1.54, 1.807) is 7.11 Å². The first-order valence-corrected chi connectivity index (χ1v) is 6.07. The van der Waals surface area contributed by atoms with Crippen LogP contribution in [0.5, 0.6) is 5.75 Å². The molecule has 0 radical (unpaired) electrons. The second-order valence-corrected chi connectivity index (χ2v) is 4.41. The summed E-state index contributed by atoms with van der Waals surface area (Å²) in [7, 11) is -0.0212. The summed E-state index contributed by atoms with van der Waals surface area (Å²) in [5.74, 6) is 0.518. The Morgan fingerprint density at radius 3 is 1.79 bits per heavy atom. The van der Waals surface area contributed by atoms with Gasteiger partial charge in [0.15, 0.2) is 0 Å². The lowest BCUT2D eigenvalue weighted by molar-refractivity contribution is 0.407. The van der Waals surface area contributed by atoms with Crippen molar-refractivity contribution in [3.05, 3.63) is 48.5 Å². The minimum Gasteiger partial charge on any atom is -0.496 e. The van der Waals surface area contributed by atoms with Gasteiger partial charge in [0.2, 0.25) is 0 Å². The van der Waals surface area contributed by atoms with Crippen molar-refractivity contribution in [2.24, 2.45) is 0 Å². The molecule has 19 heavy (non-hydrogen) atoms. The Hall–Kier alpha value is -2.04. The fourth-order valence-electron chi connectivity index (χ4n) is 2.61. The average molecular weight is 252 g/mol. The Kier molecular flexibility index (Phi) is 2.89. The summed E-state index contributed by atoms with van der Waals surface area (Å²) < 4.78 is 5.41. The third kappa shape index (κ3) is 1.77. The van der Waals surface area contributed by atoms with Gasteiger partial charge in [-0.25, -0.2) is 0 Å². The normalized spacial score (nSPS) is 10.9. The molecule has 0 heterocycles. The molecule has 0 amide bonds. The molecule has 3 rings (SSSR count). The summed E-state index contributed by atoms with van der Waals surface area (Å²) in [6.45, 7) is 0. The van der Waals surface area contributed by atoms with Crippen LogP contribution in [0.3, 0.4) is 0 Å². The van der Waals surface area contributed by atoms with Crippen LogP contribution < -0.4 is 10.2 Å². The molecule has 4 heteroatoms. The minimum atomic E-state index is -1.57. The van der Waals surface area contributed by atoms with Crippen molar-refractivity contribution in [2.75, 3.05) is 7.11 Å². The van der Waals surface area contributed by atoms with Crippen LogP contribution in [0, 0.1) is 0 Å². The molecule has 0 saturated carbocycles. The lowest BCUT2D eigenvalue weighted by Gasteiger charge is -2.15. The summed E-state index contributed by atoms with van der Waals surface area (Å²) in [4.78, 5) is 0. The third-order valence-electron chi connectivity index (χ3n) is 3.39. The van der Waals surface area contributed by atoms with Crippen molar-refractivity contribution in [2.45, 2.75) is 0 Å². The van der Waals surface area contributed by atoms with Crippen LogP contribution in [0.15, 0.2) is 48.5 Å². The molecule has 3 aromatic carbocycles. The highest BCUT2D eigenvalue weighted by Crippen LogP contribution is 2.31. The Bertz CT molecular complexity index is 753. The first-order chi connectivity index (χ1) is 9.24. The maximum absolute atomic E-state index is 9.67. The fraction of sp³-hybridized carbons (Fsp3) is 0.0667. The topological polar surface area (TPSA) is 49.7 Å². The summed E-state index contributed by atoms with van der Waals surface area (Å²) in [5.41, 5.74) is 0.414. The zero-order chi connectivity index (χ0) is 13.4. The van der Waals surface area contributed by atoms with Crippen LogP contribution in [0.2, 0.25) is 0 Å². The molecule has 0 spiro atoms. The van der Waals surface area contributed by atoms with E-state index < -0.39 is 7.12 Å². The summed E-state index contributed by atoms with van der Waals surface area (Å²) in [5, 5.41) is 23.0. The van der Waals surface area contributed by atoms with Gasteiger partial charge in [0.1, 0.15) is 5.75 Å². The molecule has 3 nitrogen and oxygen atoms in total. The van der Waals surface area contributed by atoms with Crippen molar-refractivity contribution < 1.29 is 14.8 Å². The first kappa shape index (κ1) is 12.0. The van der Waals surface area contributed by atoms with Gasteiger partial charge >= 0.3 is 7.12 Å². The first-order valence-electron chi connectivity index (χ1n) is 6.07. The molecule has 94 valence electrons. The van der Waals surface area contributed by atoms with Gasteiger partial charge in [0, 0.05) is 10.8 Å². The van der Waals surface area contributed by atoms with Gasteiger partial charge < -0.3 is 14.8 Å². The van der Waals surface area contributed by atoms with Gasteiger partial charge in [0.25, 0.3) is 0 Å². The van der Waals surface area contributed by atoms with Crippen molar-refractivity contribution in [1.29, 1.82) is 0 Å². The van der Waals surface area contributed by atoms with E-state index in [1.165, 1.54) is 0 Å². The SMILES string of the molecule is COc1c(B(O)O)c2ccccc2c2ccccc12. The standard InChI is InChI=1S/C15H13BO3/c1-19-15-13-9-5-3-7-11(13)10-6-2-4-8-12(10)14(15)16(17)18/h2-9,17-18H,1H3. The predicted molar refractivity (Wildman–Crippen MR) is 77.8 cm³/mol. The Morgan fingerprint density at radius 1 is 0.789 bits per heavy atom. The van der Waals surface area contributed by atoms with Crippen LogP contribution in [0.4, 0.5) is 0 Å². The van der Waals surface area contributed by atoms with E-state index in [1.807, 2.05) is 48.5 Å². The molecule has 0 fully saturated rings. The molecule has 0 bridgehead atoms. The van der Waals surface area contributed by atoms with Gasteiger partial charge in [-0.15, -0.1) is 0 Å². The largest absolute Gasteiger partial charge is 0.496 e. The molecule has 0 aromatic heterocycles. The van der Waals surface area contributed by atoms with Crippen LogP contribution >= 0.6 is 0 Å². The Morgan fingerprint density at radius 2 is 1.26 bits per heavy atom. The van der Waals surface area contributed by atoms with E-state index in [0.717, 1.165) is 21.5 Å². The molecule has 0 aliphatic heterocycles. The molecule has 0 unspecified atom stereocenters. The third-order valence-corrected chi connectivity index (χ3v) is 3.39. The van der Waals surface area contributed by atoms with Crippen molar-refractivity contribution >= 4 is 34.1 Å². The van der Waals surface area contributed by atoms with Gasteiger partial charge in [-0.1, -0.05) is 48.5 Å². The van der Waals surface area contributed by atoms with Crippen LogP contribution in [-0.4, -0.2) is 24.3 Å². The van der Waals surface area contributed by atoms with E-state index in [2.05, 4.69) is 0 Å². The average Bonchev–Trinajstić information content (AvgIpc) is 2.45. The van der Waals surface area contributed by atoms with Gasteiger partial charge in [0.05, 0.1) is 7.11 Å².